The van der Waals surface area contributed by atoms with Crippen molar-refractivity contribution in [2.45, 2.75) is 145 Å². The largest absolute Gasteiger partial charge is 1.00 e. The number of fused-ring (bicyclic) bond motifs is 12. The molecule has 0 N–H and O–H groups in total. The van der Waals surface area contributed by atoms with E-state index in [-0.39, 0.29) is 75.3 Å². The standard InChI is InChI=1S/C57H55N3O10S2.C40H40ClN2.C7H8O3S.Na/c1-37(61)67-33-31-58-49-27-19-41-35-45(71-70-69-63)23-25-47(41)53(49)56(3,4)51(58)29-21-39-17-18-40(55(39)60(43-13-9-7-10-14-43)44-15-11-8-12-16-44)22-30-52-57(5,6)54-48-26-24-46(72(64,65)66)36-42(48)20-28-50(54)59(52)32-34-68-38(2)62;1-39(2)34(42(5)32-22-18-26-12-7-9-16-30(26)36(32)39)24-20-28-14-11-15-29(38(28)41)21-25-35-40(3,4)37-31-17-10-8-13-27(31)19-23-33(37)43(35)6;1-6-2-4-7(5-3-6)11(8,9)10;/h7-16,19-30,35-36H,17-18,31-34H2,1-6H3,(H-,63,64,65,66);7-10,12-13,16-25H,11,14-15H2,1-6H3;2-5H,1H3,(H,8,9,10);/q;+1;;+1/p-2. The number of para-hydroxylation sites is 2. The Balaban J connectivity index is 0.000000199. The van der Waals surface area contributed by atoms with E-state index in [0.717, 1.165) is 127 Å². The van der Waals surface area contributed by atoms with Gasteiger partial charge >= 0.3 is 41.5 Å². The van der Waals surface area contributed by atoms with E-state index in [9.17, 15) is 40.8 Å². The van der Waals surface area contributed by atoms with Crippen molar-refractivity contribution in [3.05, 3.63) is 339 Å². The summed E-state index contributed by atoms with van der Waals surface area (Å²) in [6.07, 6.45) is 22.5. The molecule has 0 saturated heterocycles. The van der Waals surface area contributed by atoms with Crippen molar-refractivity contribution in [2.75, 3.05) is 55.1 Å². The van der Waals surface area contributed by atoms with Crippen molar-refractivity contribution in [1.82, 2.24) is 0 Å². The molecule has 0 radical (unpaired) electrons. The fraction of sp³-hybridized carbons (Fsp3) is 0.250. The number of ether oxygens (including phenoxy) is 2. The van der Waals surface area contributed by atoms with Gasteiger partial charge in [-0.3, -0.25) is 14.6 Å². The molecule has 646 valence electrons. The molecular weight excluding hydrogens is 1680 g/mol. The summed E-state index contributed by atoms with van der Waals surface area (Å²) in [6.45, 7) is 23.8. The monoisotopic (exact) mass is 1780 g/mol. The molecule has 0 spiro atoms. The van der Waals surface area contributed by atoms with Crippen molar-refractivity contribution in [2.24, 2.45) is 0 Å². The van der Waals surface area contributed by atoms with Crippen molar-refractivity contribution in [1.29, 1.82) is 0 Å². The number of nitrogens with zero attached hydrogens (tertiary/aromatic N) is 5. The van der Waals surface area contributed by atoms with E-state index in [0.29, 0.717) is 29.8 Å². The van der Waals surface area contributed by atoms with Gasteiger partial charge in [0, 0.05) is 111 Å². The molecule has 0 fully saturated rings. The van der Waals surface area contributed by atoms with E-state index < -0.39 is 31.1 Å². The van der Waals surface area contributed by atoms with Gasteiger partial charge in [-0.1, -0.05) is 190 Å². The molecule has 0 bridgehead atoms. The van der Waals surface area contributed by atoms with Gasteiger partial charge in [-0.2, -0.15) is 13.5 Å². The summed E-state index contributed by atoms with van der Waals surface area (Å²) in [5.41, 5.74) is 21.2. The Bertz CT molecular complexity index is 6770. The van der Waals surface area contributed by atoms with E-state index >= 15 is 0 Å². The number of likely N-dealkylation sites (N-methyl/N-ethyl adjacent to an activating group) is 1. The average molecular weight is 1780 g/mol. The Kier molecular flexibility index (Phi) is 27.4. The van der Waals surface area contributed by atoms with Crippen LogP contribution in [0.5, 0.6) is 0 Å². The third kappa shape index (κ3) is 18.6. The summed E-state index contributed by atoms with van der Waals surface area (Å²) in [5, 5.41) is 23.9. The summed E-state index contributed by atoms with van der Waals surface area (Å²) >= 11 is 8.01. The van der Waals surface area contributed by atoms with Crippen LogP contribution in [0.15, 0.2) is 326 Å². The molecule has 0 unspecified atom stereocenters. The molecule has 23 heteroatoms. The van der Waals surface area contributed by atoms with Gasteiger partial charge in [-0.05, 0) is 240 Å². The molecule has 17 rings (SSSR count). The Labute approximate surface area is 775 Å². The van der Waals surface area contributed by atoms with E-state index in [1.165, 1.54) is 105 Å². The van der Waals surface area contributed by atoms with Gasteiger partial charge in [0.15, 0.2) is 24.6 Å². The first-order valence-corrected chi connectivity index (χ1v) is 46.1. The number of hydrogen-bond acceptors (Lipinski definition) is 17. The van der Waals surface area contributed by atoms with Crippen LogP contribution in [-0.2, 0) is 70.3 Å². The van der Waals surface area contributed by atoms with E-state index in [1.807, 2.05) is 79.7 Å². The fourth-order valence-corrected chi connectivity index (χ4v) is 21.0. The van der Waals surface area contributed by atoms with E-state index in [4.69, 9.17) is 21.1 Å². The number of esters is 2. The van der Waals surface area contributed by atoms with Gasteiger partial charge in [-0.25, -0.2) is 16.8 Å². The minimum Gasteiger partial charge on any atom is -0.744 e. The third-order valence-corrected chi connectivity index (χ3v) is 27.9. The van der Waals surface area contributed by atoms with Crippen molar-refractivity contribution in [3.8, 4) is 0 Å². The predicted molar refractivity (Wildman–Crippen MR) is 501 cm³/mol. The molecule has 18 nitrogen and oxygen atoms in total. The van der Waals surface area contributed by atoms with Crippen LogP contribution in [0.25, 0.3) is 43.1 Å². The topological polar surface area (TPSA) is 224 Å². The molecule has 2 aliphatic carbocycles. The van der Waals surface area contributed by atoms with Crippen LogP contribution < -0.4 is 49.5 Å². The maximum absolute atomic E-state index is 12.1. The fourth-order valence-electron chi connectivity index (χ4n) is 19.4. The van der Waals surface area contributed by atoms with Gasteiger partial charge in [-0.15, -0.1) is 0 Å². The number of aryl methyl sites for hydroxylation is 1. The summed E-state index contributed by atoms with van der Waals surface area (Å²) < 4.78 is 87.7. The minimum absolute atomic E-state index is 0. The second-order valence-electron chi connectivity index (χ2n) is 34.6. The van der Waals surface area contributed by atoms with Crippen LogP contribution in [-0.4, -0.2) is 98.9 Å². The zero-order chi connectivity index (χ0) is 89.5. The number of rotatable bonds is 20. The van der Waals surface area contributed by atoms with Crippen LogP contribution in [0.2, 0.25) is 0 Å². The van der Waals surface area contributed by atoms with E-state index in [1.54, 1.807) is 18.2 Å². The first-order valence-electron chi connectivity index (χ1n) is 42.2. The molecular formula is C104H101ClN5NaO13S3. The number of anilines is 4. The Morgan fingerprint density at radius 3 is 1.67 bits per heavy atom. The SMILES string of the molecule is CC(=O)OCCN1/C(=C/C=C2\CCC(/C=C/C3=[N+](CCOC(C)=O)c4ccc5cc(SOO[O-])ccc5c4C3(C)C)=C2N(c2ccccc2)c2ccccc2)C(C)(C)c2c1ccc1cc(S(=O)(=O)[O-])ccc21.CN1C(=CC=C2CCCC(C=CC3=[N+](C)c4ccc5ccccc5c4C3(C)C)=C2Cl)C(C)(C)c2c1ccc1ccccc21.Cc1ccc(S(=O)(=O)[O-])cc1.[Na+]. The molecule has 0 atom stereocenters. The minimum atomic E-state index is -4.68. The number of allylic oxidation sites excluding steroid dienone is 15. The smallest absolute Gasteiger partial charge is 0.744 e. The summed E-state index contributed by atoms with van der Waals surface area (Å²) in [7, 11) is -4.56. The second-order valence-corrected chi connectivity index (χ2v) is 38.5. The summed E-state index contributed by atoms with van der Waals surface area (Å²) in [5.74, 6) is -0.737. The van der Waals surface area contributed by atoms with Gasteiger partial charge < -0.3 is 38.5 Å². The van der Waals surface area contributed by atoms with Crippen molar-refractivity contribution >= 4 is 144 Å². The molecule has 0 saturated carbocycles. The third-order valence-electron chi connectivity index (χ3n) is 25.2. The molecule has 11 aromatic carbocycles. The summed E-state index contributed by atoms with van der Waals surface area (Å²) in [4.78, 5) is 31.2. The second kappa shape index (κ2) is 37.6. The molecule has 0 amide bonds. The molecule has 0 aromatic heterocycles. The quantitative estimate of drug-likeness (QED) is 0.0131. The molecule has 127 heavy (non-hydrogen) atoms. The molecule has 11 aromatic rings. The zero-order valence-corrected chi connectivity index (χ0v) is 79.1. The normalized spacial score (nSPS) is 17.9. The van der Waals surface area contributed by atoms with Crippen molar-refractivity contribution in [3.63, 3.8) is 0 Å². The average Bonchev–Trinajstić information content (AvgIpc) is 1.59. The molecule has 6 aliphatic rings. The van der Waals surface area contributed by atoms with Crippen LogP contribution in [0.1, 0.15) is 129 Å². The van der Waals surface area contributed by atoms with Crippen LogP contribution in [0.4, 0.5) is 34.1 Å². The maximum atomic E-state index is 12.1. The number of carbonyl (C=O) groups excluding carboxylic acids is 2. The maximum Gasteiger partial charge on any atom is 1.00 e. The zero-order valence-electron chi connectivity index (χ0n) is 73.9. The first kappa shape index (κ1) is 92.6. The number of carbonyl (C=O) groups is 2. The molecule has 4 heterocycles. The Hall–Kier alpha value is -10.6. The van der Waals surface area contributed by atoms with Crippen molar-refractivity contribution < 1.29 is 98.3 Å². The number of benzene rings is 11. The van der Waals surface area contributed by atoms with Gasteiger partial charge in [0.1, 0.15) is 33.9 Å². The van der Waals surface area contributed by atoms with Crippen LogP contribution in [0.3, 0.4) is 0 Å². The van der Waals surface area contributed by atoms with Gasteiger partial charge in [0.25, 0.3) is 0 Å². The van der Waals surface area contributed by atoms with E-state index in [2.05, 4.69) is 254 Å². The Morgan fingerprint density at radius 1 is 0.512 bits per heavy atom. The number of hydrogen-bond donors (Lipinski definition) is 0. The van der Waals surface area contributed by atoms with Gasteiger partial charge in [0.2, 0.25) is 11.4 Å². The molecule has 4 aliphatic heterocycles. The predicted octanol–water partition coefficient (Wildman–Crippen LogP) is 19.1. The number of halogens is 1. The van der Waals surface area contributed by atoms with Gasteiger partial charge in [0.05, 0.1) is 44.9 Å². The van der Waals surface area contributed by atoms with Crippen LogP contribution in [0, 0.1) is 6.92 Å². The Morgan fingerprint density at radius 2 is 1.02 bits per heavy atom. The summed E-state index contributed by atoms with van der Waals surface area (Å²) in [6, 6.07) is 71.1. The van der Waals surface area contributed by atoms with Crippen LogP contribution >= 0.6 is 23.6 Å². The first-order chi connectivity index (χ1) is 60.1.